The average Bonchev–Trinajstić information content (AvgIpc) is 3.12. The number of amides is 2. The van der Waals surface area contributed by atoms with E-state index in [4.69, 9.17) is 16.6 Å². The Morgan fingerprint density at radius 3 is 2.56 bits per heavy atom. The van der Waals surface area contributed by atoms with E-state index in [-0.39, 0.29) is 18.4 Å². The second kappa shape index (κ2) is 9.24. The number of halogens is 1. The molecule has 4 rings (SSSR count). The molecule has 0 aliphatic rings. The van der Waals surface area contributed by atoms with Crippen LogP contribution in [0.15, 0.2) is 72.8 Å². The van der Waals surface area contributed by atoms with Crippen LogP contribution < -0.4 is 10.6 Å². The Bertz CT molecular complexity index is 1300. The fraction of sp³-hybridized carbons (Fsp3) is 0.160. The molecule has 32 heavy (non-hydrogen) atoms. The molecule has 1 atom stereocenters. The standard InChI is InChI=1S/C25H23ClN4O2/c1-16-8-7-9-18(14-16)28-23(31)15-30-22-13-6-5-12-21(22)29-24(30)17(2)27-25(32)19-10-3-4-11-20(19)26/h3-14,17H,15H2,1-2H3,(H,27,32)(H,28,31). The number of aromatic nitrogens is 2. The van der Waals surface area contributed by atoms with Gasteiger partial charge in [0.1, 0.15) is 12.4 Å². The van der Waals surface area contributed by atoms with Crippen molar-refractivity contribution < 1.29 is 9.59 Å². The van der Waals surface area contributed by atoms with Crippen LogP contribution in [0.2, 0.25) is 5.02 Å². The predicted molar refractivity (Wildman–Crippen MR) is 127 cm³/mol. The molecule has 0 fully saturated rings. The lowest BCUT2D eigenvalue weighted by molar-refractivity contribution is -0.116. The molecule has 1 unspecified atom stereocenters. The monoisotopic (exact) mass is 446 g/mol. The van der Waals surface area contributed by atoms with Gasteiger partial charge in [-0.1, -0.05) is 48.0 Å². The van der Waals surface area contributed by atoms with Crippen LogP contribution in [0.5, 0.6) is 0 Å². The lowest BCUT2D eigenvalue weighted by Gasteiger charge is -2.17. The molecule has 0 aliphatic heterocycles. The van der Waals surface area contributed by atoms with Crippen molar-refractivity contribution in [1.82, 2.24) is 14.9 Å². The van der Waals surface area contributed by atoms with Gasteiger partial charge in [-0.3, -0.25) is 9.59 Å². The molecule has 1 aromatic heterocycles. The molecule has 3 aromatic carbocycles. The molecule has 162 valence electrons. The number of carbonyl (C=O) groups excluding carboxylic acids is 2. The van der Waals surface area contributed by atoms with Gasteiger partial charge >= 0.3 is 0 Å². The first kappa shape index (κ1) is 21.6. The first-order valence-electron chi connectivity index (χ1n) is 10.3. The minimum absolute atomic E-state index is 0.0656. The van der Waals surface area contributed by atoms with Crippen molar-refractivity contribution in [3.8, 4) is 0 Å². The topological polar surface area (TPSA) is 76.0 Å². The summed E-state index contributed by atoms with van der Waals surface area (Å²) in [5.41, 5.74) is 3.76. The maximum atomic E-state index is 12.8. The van der Waals surface area contributed by atoms with E-state index in [1.165, 1.54) is 0 Å². The molecule has 2 amide bonds. The largest absolute Gasteiger partial charge is 0.342 e. The molecule has 0 saturated carbocycles. The van der Waals surface area contributed by atoms with Gasteiger partial charge in [-0.15, -0.1) is 0 Å². The molecule has 0 spiro atoms. The van der Waals surface area contributed by atoms with Gasteiger partial charge in [0.05, 0.1) is 27.7 Å². The molecule has 0 aliphatic carbocycles. The molecule has 1 heterocycles. The second-order valence-electron chi connectivity index (χ2n) is 7.64. The van der Waals surface area contributed by atoms with Crippen LogP contribution in [0.1, 0.15) is 34.7 Å². The maximum Gasteiger partial charge on any atom is 0.253 e. The molecule has 6 nitrogen and oxygen atoms in total. The van der Waals surface area contributed by atoms with Crippen LogP contribution >= 0.6 is 11.6 Å². The lowest BCUT2D eigenvalue weighted by atomic mass is 10.2. The summed E-state index contributed by atoms with van der Waals surface area (Å²) in [6, 6.07) is 21.7. The van der Waals surface area contributed by atoms with Crippen LogP contribution in [0.25, 0.3) is 11.0 Å². The quantitative estimate of drug-likeness (QED) is 0.431. The van der Waals surface area contributed by atoms with E-state index in [0.29, 0.717) is 16.4 Å². The zero-order chi connectivity index (χ0) is 22.7. The molecular weight excluding hydrogens is 424 g/mol. The minimum atomic E-state index is -0.446. The molecule has 4 aromatic rings. The van der Waals surface area contributed by atoms with E-state index < -0.39 is 6.04 Å². The Morgan fingerprint density at radius 1 is 1.03 bits per heavy atom. The molecule has 0 bridgehead atoms. The zero-order valence-corrected chi connectivity index (χ0v) is 18.6. The number of nitrogens with zero attached hydrogens (tertiary/aromatic N) is 2. The summed E-state index contributed by atoms with van der Waals surface area (Å²) < 4.78 is 1.83. The third-order valence-electron chi connectivity index (χ3n) is 5.14. The smallest absolute Gasteiger partial charge is 0.253 e. The zero-order valence-electron chi connectivity index (χ0n) is 17.8. The summed E-state index contributed by atoms with van der Waals surface area (Å²) in [5, 5.41) is 6.26. The number of imidazole rings is 1. The SMILES string of the molecule is Cc1cccc(NC(=O)Cn2c(C(C)NC(=O)c3ccccc3Cl)nc3ccccc32)c1. The van der Waals surface area contributed by atoms with E-state index in [1.54, 1.807) is 24.3 Å². The summed E-state index contributed by atoms with van der Waals surface area (Å²) in [6.07, 6.45) is 0. The van der Waals surface area contributed by atoms with Gasteiger partial charge in [0, 0.05) is 5.69 Å². The van der Waals surface area contributed by atoms with Crippen molar-refractivity contribution in [2.75, 3.05) is 5.32 Å². The highest BCUT2D eigenvalue weighted by atomic mass is 35.5. The summed E-state index contributed by atoms with van der Waals surface area (Å²) in [4.78, 5) is 30.3. The molecule has 0 radical (unpaired) electrons. The highest BCUT2D eigenvalue weighted by Crippen LogP contribution is 2.22. The summed E-state index contributed by atoms with van der Waals surface area (Å²) >= 11 is 6.17. The van der Waals surface area contributed by atoms with Gasteiger partial charge in [0.25, 0.3) is 5.91 Å². The van der Waals surface area contributed by atoms with E-state index >= 15 is 0 Å². The van der Waals surface area contributed by atoms with Crippen molar-refractivity contribution in [2.24, 2.45) is 0 Å². The lowest BCUT2D eigenvalue weighted by Crippen LogP contribution is -2.30. The Kier molecular flexibility index (Phi) is 6.23. The van der Waals surface area contributed by atoms with Crippen molar-refractivity contribution >= 4 is 40.1 Å². The fourth-order valence-electron chi connectivity index (χ4n) is 3.64. The molecule has 7 heteroatoms. The van der Waals surface area contributed by atoms with Gasteiger partial charge in [-0.25, -0.2) is 4.98 Å². The third-order valence-corrected chi connectivity index (χ3v) is 5.47. The minimum Gasteiger partial charge on any atom is -0.342 e. The number of carbonyl (C=O) groups is 2. The van der Waals surface area contributed by atoms with Crippen molar-refractivity contribution in [3.05, 3.63) is 94.8 Å². The van der Waals surface area contributed by atoms with Crippen molar-refractivity contribution in [2.45, 2.75) is 26.4 Å². The van der Waals surface area contributed by atoms with E-state index in [9.17, 15) is 9.59 Å². The number of hydrogen-bond donors (Lipinski definition) is 2. The Morgan fingerprint density at radius 2 is 1.78 bits per heavy atom. The van der Waals surface area contributed by atoms with Crippen molar-refractivity contribution in [1.29, 1.82) is 0 Å². The predicted octanol–water partition coefficient (Wildman–Crippen LogP) is 5.13. The molecule has 2 N–H and O–H groups in total. The first-order valence-corrected chi connectivity index (χ1v) is 10.7. The number of para-hydroxylation sites is 2. The summed E-state index contributed by atoms with van der Waals surface area (Å²) in [5.74, 6) is 0.113. The molecule has 0 saturated heterocycles. The van der Waals surface area contributed by atoms with Crippen LogP contribution in [0, 0.1) is 6.92 Å². The van der Waals surface area contributed by atoms with Gasteiger partial charge in [0.2, 0.25) is 5.91 Å². The summed E-state index contributed by atoms with van der Waals surface area (Å²) in [6.45, 7) is 3.88. The van der Waals surface area contributed by atoms with E-state index in [0.717, 1.165) is 22.3 Å². The van der Waals surface area contributed by atoms with Crippen LogP contribution in [0.3, 0.4) is 0 Å². The number of aryl methyl sites for hydroxylation is 1. The number of hydrogen-bond acceptors (Lipinski definition) is 3. The van der Waals surface area contributed by atoms with Gasteiger partial charge in [-0.05, 0) is 55.8 Å². The Labute approximate surface area is 191 Å². The van der Waals surface area contributed by atoms with Crippen LogP contribution in [-0.2, 0) is 11.3 Å². The van der Waals surface area contributed by atoms with Gasteiger partial charge in [-0.2, -0.15) is 0 Å². The maximum absolute atomic E-state index is 12.8. The second-order valence-corrected chi connectivity index (χ2v) is 8.04. The Balaban J connectivity index is 1.60. The molecular formula is C25H23ClN4O2. The van der Waals surface area contributed by atoms with E-state index in [2.05, 4.69) is 10.6 Å². The van der Waals surface area contributed by atoms with Gasteiger partial charge in [0.15, 0.2) is 0 Å². The van der Waals surface area contributed by atoms with E-state index in [1.807, 2.05) is 66.9 Å². The number of rotatable bonds is 6. The van der Waals surface area contributed by atoms with Crippen LogP contribution in [-0.4, -0.2) is 21.4 Å². The highest BCUT2D eigenvalue weighted by molar-refractivity contribution is 6.33. The van der Waals surface area contributed by atoms with Crippen LogP contribution in [0.4, 0.5) is 5.69 Å². The van der Waals surface area contributed by atoms with Crippen molar-refractivity contribution in [3.63, 3.8) is 0 Å². The highest BCUT2D eigenvalue weighted by Gasteiger charge is 2.21. The Hall–Kier alpha value is -3.64. The normalized spacial score (nSPS) is 11.8. The number of anilines is 1. The third kappa shape index (κ3) is 4.65. The first-order chi connectivity index (χ1) is 15.4. The average molecular weight is 447 g/mol. The number of benzene rings is 3. The number of nitrogens with one attached hydrogen (secondary N) is 2. The summed E-state index contributed by atoms with van der Waals surface area (Å²) in [7, 11) is 0. The number of fused-ring (bicyclic) bond motifs is 1. The fourth-order valence-corrected chi connectivity index (χ4v) is 3.86. The van der Waals surface area contributed by atoms with Gasteiger partial charge < -0.3 is 15.2 Å².